The van der Waals surface area contributed by atoms with Crippen molar-refractivity contribution in [3.8, 4) is 0 Å². The molecule has 2 nitrogen and oxygen atoms in total. The molecule has 1 fully saturated rings. The summed E-state index contributed by atoms with van der Waals surface area (Å²) in [4.78, 5) is 2.14. The molecule has 0 amide bonds. The Morgan fingerprint density at radius 2 is 1.96 bits per heavy atom. The smallest absolute Gasteiger partial charge is 0.0366 e. The molecule has 1 aromatic rings. The predicted octanol–water partition coefficient (Wildman–Crippen LogP) is 6.47. The van der Waals surface area contributed by atoms with Crippen LogP contribution in [0.1, 0.15) is 63.5 Å². The number of anilines is 1. The molecule has 0 aromatic heterocycles. The largest absolute Gasteiger partial charge is 0.399 e. The second kappa shape index (κ2) is 8.65. The van der Waals surface area contributed by atoms with E-state index < -0.39 is 0 Å². The first-order valence-corrected chi connectivity index (χ1v) is 10.4. The number of likely N-dealkylation sites (N-methyl/N-ethyl adjacent to an activating group) is 1. The van der Waals surface area contributed by atoms with Crippen LogP contribution in [0.4, 0.5) is 5.69 Å². The molecule has 2 N–H and O–H groups in total. The number of hydrogen-bond acceptors (Lipinski definition) is 2. The Labute approximate surface area is 165 Å². The number of nitrogens with two attached hydrogens (primary N) is 1. The molecule has 0 unspecified atom stereocenters. The van der Waals surface area contributed by atoms with Crippen LogP contribution in [0.15, 0.2) is 60.0 Å². The molecule has 27 heavy (non-hydrogen) atoms. The van der Waals surface area contributed by atoms with Crippen LogP contribution < -0.4 is 5.73 Å². The van der Waals surface area contributed by atoms with Crippen molar-refractivity contribution in [2.75, 3.05) is 12.8 Å². The molecule has 1 aliphatic heterocycles. The first-order valence-electron chi connectivity index (χ1n) is 10.4. The van der Waals surface area contributed by atoms with Crippen molar-refractivity contribution in [3.05, 3.63) is 71.1 Å². The highest BCUT2D eigenvalue weighted by Gasteiger charge is 2.22. The third-order valence-electron chi connectivity index (χ3n) is 6.05. The summed E-state index contributed by atoms with van der Waals surface area (Å²) in [5.41, 5.74) is 14.6. The van der Waals surface area contributed by atoms with Crippen molar-refractivity contribution in [3.63, 3.8) is 0 Å². The fourth-order valence-corrected chi connectivity index (χ4v) is 4.35. The van der Waals surface area contributed by atoms with Crippen molar-refractivity contribution in [2.45, 2.75) is 58.8 Å². The summed E-state index contributed by atoms with van der Waals surface area (Å²) in [6.07, 6.45) is 15.8. The van der Waals surface area contributed by atoms with Gasteiger partial charge in [-0.25, -0.2) is 0 Å². The normalized spacial score (nSPS) is 19.1. The van der Waals surface area contributed by atoms with Gasteiger partial charge in [-0.2, -0.15) is 0 Å². The van der Waals surface area contributed by atoms with E-state index in [0.717, 1.165) is 30.1 Å². The van der Waals surface area contributed by atoms with Crippen LogP contribution in [0.25, 0.3) is 5.57 Å². The van der Waals surface area contributed by atoms with Gasteiger partial charge in [0.15, 0.2) is 0 Å². The topological polar surface area (TPSA) is 29.3 Å². The lowest BCUT2D eigenvalue weighted by Gasteiger charge is -2.30. The Hall–Kier alpha value is -2.22. The molecule has 1 aromatic carbocycles. The standard InChI is InChI=1S/C25H34N2/c1-5-6-12-23-18(2)19(3)27(4)17-25(23)24-16-22(26)14-13-21(24)15-20-10-8-7-9-11-20/h6,12-14,16-17,20H,3,5,7-11,15,26H2,1-2,4H3/b12-6-. The molecule has 0 saturated heterocycles. The average molecular weight is 363 g/mol. The highest BCUT2D eigenvalue weighted by molar-refractivity contribution is 5.87. The second-order valence-electron chi connectivity index (χ2n) is 8.07. The minimum Gasteiger partial charge on any atom is -0.399 e. The highest BCUT2D eigenvalue weighted by atomic mass is 15.1. The van der Waals surface area contributed by atoms with Gasteiger partial charge in [0.1, 0.15) is 0 Å². The molecule has 144 valence electrons. The van der Waals surface area contributed by atoms with Crippen molar-refractivity contribution < 1.29 is 0 Å². The Balaban J connectivity index is 2.04. The van der Waals surface area contributed by atoms with E-state index in [1.807, 2.05) is 0 Å². The van der Waals surface area contributed by atoms with Gasteiger partial charge in [-0.1, -0.05) is 63.8 Å². The summed E-state index contributed by atoms with van der Waals surface area (Å²) >= 11 is 0. The van der Waals surface area contributed by atoms with Crippen LogP contribution in [0, 0.1) is 5.92 Å². The zero-order valence-corrected chi connectivity index (χ0v) is 17.2. The number of benzene rings is 1. The number of rotatable bonds is 5. The van der Waals surface area contributed by atoms with E-state index in [-0.39, 0.29) is 0 Å². The zero-order chi connectivity index (χ0) is 19.4. The number of nitrogens with zero attached hydrogens (tertiary/aromatic N) is 1. The summed E-state index contributed by atoms with van der Waals surface area (Å²) in [6, 6.07) is 6.48. The Morgan fingerprint density at radius 1 is 1.22 bits per heavy atom. The Morgan fingerprint density at radius 3 is 2.67 bits per heavy atom. The quantitative estimate of drug-likeness (QED) is 0.608. The van der Waals surface area contributed by atoms with Crippen LogP contribution in [-0.4, -0.2) is 11.9 Å². The van der Waals surface area contributed by atoms with Crippen molar-refractivity contribution in [1.29, 1.82) is 0 Å². The van der Waals surface area contributed by atoms with E-state index in [4.69, 9.17) is 5.73 Å². The molecule has 2 heteroatoms. The minimum atomic E-state index is 0.803. The number of allylic oxidation sites excluding steroid dienone is 5. The van der Waals surface area contributed by atoms with E-state index >= 15 is 0 Å². The number of nitrogen functional groups attached to an aromatic ring is 1. The van der Waals surface area contributed by atoms with Gasteiger partial charge in [-0.05, 0) is 60.1 Å². The van der Waals surface area contributed by atoms with Crippen LogP contribution >= 0.6 is 0 Å². The van der Waals surface area contributed by atoms with Crippen molar-refractivity contribution in [1.82, 2.24) is 4.90 Å². The molecular weight excluding hydrogens is 328 g/mol. The second-order valence-corrected chi connectivity index (χ2v) is 8.07. The maximum atomic E-state index is 6.22. The fourth-order valence-electron chi connectivity index (χ4n) is 4.35. The average Bonchev–Trinajstić information content (AvgIpc) is 2.67. The monoisotopic (exact) mass is 362 g/mol. The van der Waals surface area contributed by atoms with Crippen LogP contribution in [0.5, 0.6) is 0 Å². The maximum absolute atomic E-state index is 6.22. The van der Waals surface area contributed by atoms with Crippen LogP contribution in [0.3, 0.4) is 0 Å². The van der Waals surface area contributed by atoms with Gasteiger partial charge >= 0.3 is 0 Å². The summed E-state index contributed by atoms with van der Waals surface area (Å²) in [5.74, 6) is 0.803. The Kier molecular flexibility index (Phi) is 6.26. The third-order valence-corrected chi connectivity index (χ3v) is 6.05. The SMILES string of the molecule is C=C1C(C)=C(/C=C\CC)C(c2cc(N)ccc2CC2CCCCC2)=CN1C. The van der Waals surface area contributed by atoms with Gasteiger partial charge in [0, 0.05) is 30.2 Å². The molecule has 1 saturated carbocycles. The summed E-state index contributed by atoms with van der Waals surface area (Å²) in [6.45, 7) is 8.61. The molecule has 1 heterocycles. The van der Waals surface area contributed by atoms with Crippen LogP contribution in [0.2, 0.25) is 0 Å². The summed E-state index contributed by atoms with van der Waals surface area (Å²) in [7, 11) is 2.08. The van der Waals surface area contributed by atoms with Gasteiger partial charge in [-0.15, -0.1) is 0 Å². The van der Waals surface area contributed by atoms with E-state index in [2.05, 4.69) is 68.9 Å². The molecule has 3 rings (SSSR count). The molecule has 1 aliphatic carbocycles. The van der Waals surface area contributed by atoms with Crippen molar-refractivity contribution >= 4 is 11.3 Å². The van der Waals surface area contributed by atoms with Crippen molar-refractivity contribution in [2.24, 2.45) is 5.92 Å². The van der Waals surface area contributed by atoms with Gasteiger partial charge < -0.3 is 10.6 Å². The first-order chi connectivity index (χ1) is 13.0. The summed E-state index contributed by atoms with van der Waals surface area (Å²) in [5, 5.41) is 0. The summed E-state index contributed by atoms with van der Waals surface area (Å²) < 4.78 is 0. The maximum Gasteiger partial charge on any atom is 0.0366 e. The predicted molar refractivity (Wildman–Crippen MR) is 118 cm³/mol. The zero-order valence-electron chi connectivity index (χ0n) is 17.2. The van der Waals surface area contributed by atoms with Gasteiger partial charge in [-0.3, -0.25) is 0 Å². The minimum absolute atomic E-state index is 0.803. The first kappa shape index (κ1) is 19.5. The lowest BCUT2D eigenvalue weighted by atomic mass is 9.81. The molecule has 0 bridgehead atoms. The van der Waals surface area contributed by atoms with Gasteiger partial charge in [0.25, 0.3) is 0 Å². The molecule has 0 atom stereocenters. The molecule has 0 radical (unpaired) electrons. The lowest BCUT2D eigenvalue weighted by Crippen LogP contribution is -2.18. The Bertz CT molecular complexity index is 789. The van der Waals surface area contributed by atoms with Crippen LogP contribution in [-0.2, 0) is 6.42 Å². The highest BCUT2D eigenvalue weighted by Crippen LogP contribution is 2.38. The lowest BCUT2D eigenvalue weighted by molar-refractivity contribution is 0.356. The molecule has 0 spiro atoms. The van der Waals surface area contributed by atoms with Gasteiger partial charge in [0.05, 0.1) is 0 Å². The fraction of sp³-hybridized carbons (Fsp3) is 0.440. The molecular formula is C25H34N2. The van der Waals surface area contributed by atoms with E-state index in [1.165, 1.54) is 60.0 Å². The van der Waals surface area contributed by atoms with Gasteiger partial charge in [0.2, 0.25) is 0 Å². The van der Waals surface area contributed by atoms with E-state index in [9.17, 15) is 0 Å². The van der Waals surface area contributed by atoms with E-state index in [0.29, 0.717) is 0 Å². The van der Waals surface area contributed by atoms with E-state index in [1.54, 1.807) is 0 Å². The number of hydrogen-bond donors (Lipinski definition) is 1. The third kappa shape index (κ3) is 4.37. The molecule has 2 aliphatic rings.